The maximum atomic E-state index is 13.7. The maximum absolute atomic E-state index is 13.7. The first-order valence-electron chi connectivity index (χ1n) is 11.3. The van der Waals surface area contributed by atoms with Crippen LogP contribution in [-0.2, 0) is 4.74 Å². The molecule has 12 nitrogen and oxygen atoms in total. The average molecular weight is 516 g/mol. The van der Waals surface area contributed by atoms with Gasteiger partial charge in [0.25, 0.3) is 17.3 Å². The van der Waals surface area contributed by atoms with Gasteiger partial charge >= 0.3 is 0 Å². The van der Waals surface area contributed by atoms with Gasteiger partial charge in [0.1, 0.15) is 11.3 Å². The number of amides is 1. The summed E-state index contributed by atoms with van der Waals surface area (Å²) in [6.45, 7) is 5.81. The van der Waals surface area contributed by atoms with Crippen molar-refractivity contribution < 1.29 is 24.1 Å². The Balaban J connectivity index is 1.72. The fraction of sp³-hybridized carbons (Fsp3) is 0.391. The summed E-state index contributed by atoms with van der Waals surface area (Å²) in [7, 11) is 1.54. The number of rotatable bonds is 9. The lowest BCUT2D eigenvalue weighted by Crippen LogP contribution is -2.39. The van der Waals surface area contributed by atoms with Crippen LogP contribution in [0.4, 0.5) is 16.5 Å². The molecule has 0 N–H and O–H groups in total. The summed E-state index contributed by atoms with van der Waals surface area (Å²) in [5, 5.41) is 23.1. The molecule has 1 aliphatic heterocycles. The Bertz CT molecular complexity index is 1270. The van der Waals surface area contributed by atoms with Gasteiger partial charge in [-0.05, 0) is 25.0 Å². The molecule has 4 rings (SSSR count). The minimum atomic E-state index is -0.752. The summed E-state index contributed by atoms with van der Waals surface area (Å²) >= 11 is 1.30. The minimum Gasteiger partial charge on any atom is -0.494 e. The largest absolute Gasteiger partial charge is 0.494 e. The number of morpholine rings is 1. The van der Waals surface area contributed by atoms with Crippen molar-refractivity contribution in [2.24, 2.45) is 0 Å². The second kappa shape index (κ2) is 10.9. The molecule has 190 valence electrons. The van der Waals surface area contributed by atoms with E-state index in [2.05, 4.69) is 9.88 Å². The molecule has 13 heteroatoms. The molecule has 0 atom stereocenters. The number of aromatic nitrogens is 1. The van der Waals surface area contributed by atoms with Gasteiger partial charge in [-0.1, -0.05) is 17.4 Å². The predicted octanol–water partition coefficient (Wildman–Crippen LogP) is 3.80. The van der Waals surface area contributed by atoms with E-state index in [9.17, 15) is 25.0 Å². The van der Waals surface area contributed by atoms with Gasteiger partial charge in [-0.15, -0.1) is 0 Å². The van der Waals surface area contributed by atoms with E-state index in [1.165, 1.54) is 23.3 Å². The quantitative estimate of drug-likeness (QED) is 0.307. The van der Waals surface area contributed by atoms with Gasteiger partial charge < -0.3 is 9.47 Å². The van der Waals surface area contributed by atoms with Crippen molar-refractivity contribution >= 4 is 44.0 Å². The predicted molar refractivity (Wildman–Crippen MR) is 134 cm³/mol. The zero-order valence-corrected chi connectivity index (χ0v) is 20.7. The third-order valence-electron chi connectivity index (χ3n) is 5.92. The number of nitro benzene ring substituents is 2. The van der Waals surface area contributed by atoms with Crippen molar-refractivity contribution in [3.8, 4) is 5.75 Å². The monoisotopic (exact) mass is 515 g/mol. The number of nitro groups is 2. The van der Waals surface area contributed by atoms with Gasteiger partial charge in [0.15, 0.2) is 5.13 Å². The molecule has 3 aromatic rings. The number of hydrogen-bond donors (Lipinski definition) is 0. The topological polar surface area (TPSA) is 141 Å². The lowest BCUT2D eigenvalue weighted by molar-refractivity contribution is -0.394. The maximum Gasteiger partial charge on any atom is 0.277 e. The van der Waals surface area contributed by atoms with E-state index < -0.39 is 27.1 Å². The van der Waals surface area contributed by atoms with Crippen molar-refractivity contribution in [2.75, 3.05) is 51.4 Å². The molecule has 1 saturated heterocycles. The molecule has 36 heavy (non-hydrogen) atoms. The molecule has 0 radical (unpaired) electrons. The first-order valence-corrected chi connectivity index (χ1v) is 12.1. The number of fused-ring (bicyclic) bond motifs is 1. The number of carbonyl (C=O) groups is 1. The summed E-state index contributed by atoms with van der Waals surface area (Å²) in [5.41, 5.74) is 0.366. The highest BCUT2D eigenvalue weighted by molar-refractivity contribution is 7.22. The van der Waals surface area contributed by atoms with E-state index in [4.69, 9.17) is 9.47 Å². The number of nitrogens with zero attached hydrogens (tertiary/aromatic N) is 5. The number of ether oxygens (including phenoxy) is 2. The molecule has 2 aromatic carbocycles. The molecule has 1 aromatic heterocycles. The van der Waals surface area contributed by atoms with Gasteiger partial charge in [0.05, 0.1) is 46.5 Å². The van der Waals surface area contributed by atoms with Crippen LogP contribution in [-0.4, -0.2) is 72.1 Å². The molecule has 2 heterocycles. The molecule has 0 bridgehead atoms. The molecular weight excluding hydrogens is 490 g/mol. The first-order chi connectivity index (χ1) is 17.3. The van der Waals surface area contributed by atoms with Gasteiger partial charge in [-0.3, -0.25) is 34.8 Å². The molecule has 1 fully saturated rings. The second-order valence-corrected chi connectivity index (χ2v) is 9.25. The Labute approximate surface area is 210 Å². The summed E-state index contributed by atoms with van der Waals surface area (Å²) < 4.78 is 11.7. The van der Waals surface area contributed by atoms with Crippen LogP contribution in [0.3, 0.4) is 0 Å². The fourth-order valence-electron chi connectivity index (χ4n) is 4.03. The van der Waals surface area contributed by atoms with Gasteiger partial charge in [-0.25, -0.2) is 4.98 Å². The number of benzene rings is 2. The highest BCUT2D eigenvalue weighted by atomic mass is 32.1. The lowest BCUT2D eigenvalue weighted by atomic mass is 10.1. The van der Waals surface area contributed by atoms with Crippen LogP contribution in [0.5, 0.6) is 5.75 Å². The normalized spacial score (nSPS) is 14.1. The number of thiazole rings is 1. The van der Waals surface area contributed by atoms with Crippen LogP contribution in [0.2, 0.25) is 0 Å². The summed E-state index contributed by atoms with van der Waals surface area (Å²) in [5.74, 6) is -0.0377. The number of non-ortho nitro benzene ring substituents is 2. The Morgan fingerprint density at radius 2 is 1.83 bits per heavy atom. The van der Waals surface area contributed by atoms with Crippen molar-refractivity contribution in [3.63, 3.8) is 0 Å². The van der Waals surface area contributed by atoms with Crippen LogP contribution >= 0.6 is 11.3 Å². The van der Waals surface area contributed by atoms with E-state index in [0.29, 0.717) is 36.0 Å². The number of anilines is 1. The zero-order valence-electron chi connectivity index (χ0n) is 19.8. The molecule has 0 spiro atoms. The van der Waals surface area contributed by atoms with E-state index in [1.807, 2.05) is 13.0 Å². The Morgan fingerprint density at radius 1 is 1.17 bits per heavy atom. The average Bonchev–Trinajstić information content (AvgIpc) is 3.33. The number of aryl methyl sites for hydroxylation is 1. The molecule has 0 unspecified atom stereocenters. The number of carbonyl (C=O) groups excluding carboxylic acids is 1. The Morgan fingerprint density at radius 3 is 2.44 bits per heavy atom. The van der Waals surface area contributed by atoms with Crippen LogP contribution in [0.1, 0.15) is 22.3 Å². The Hall–Kier alpha value is -3.68. The van der Waals surface area contributed by atoms with E-state index in [-0.39, 0.29) is 12.1 Å². The SMILES string of the molecule is COc1ccc(C)c2sc(N(CCCN3CCOCC3)C(=O)c3cc([N+](=O)[O-])cc([N+](=O)[O-])c3)nc12. The van der Waals surface area contributed by atoms with E-state index in [1.54, 1.807) is 6.07 Å². The van der Waals surface area contributed by atoms with Crippen molar-refractivity contribution in [1.82, 2.24) is 9.88 Å². The highest BCUT2D eigenvalue weighted by Crippen LogP contribution is 2.37. The molecule has 0 aliphatic carbocycles. The minimum absolute atomic E-state index is 0.148. The standard InChI is InChI=1S/C23H25N5O7S/c1-15-4-5-19(34-2)20-21(15)36-23(24-20)26(7-3-6-25-8-10-35-11-9-25)22(29)16-12-17(27(30)31)14-18(13-16)28(32)33/h4-5,12-14H,3,6-11H2,1-2H3. The van der Waals surface area contributed by atoms with Crippen molar-refractivity contribution in [1.29, 1.82) is 0 Å². The first kappa shape index (κ1) is 25.4. The van der Waals surface area contributed by atoms with Crippen molar-refractivity contribution in [3.05, 3.63) is 61.7 Å². The molecular formula is C23H25N5O7S. The zero-order chi connectivity index (χ0) is 25.8. The van der Waals surface area contributed by atoms with Crippen LogP contribution < -0.4 is 9.64 Å². The lowest BCUT2D eigenvalue weighted by Gasteiger charge is -2.27. The van der Waals surface area contributed by atoms with E-state index in [0.717, 1.165) is 48.1 Å². The Kier molecular flexibility index (Phi) is 7.72. The van der Waals surface area contributed by atoms with Crippen LogP contribution in [0.15, 0.2) is 30.3 Å². The number of hydrogen-bond acceptors (Lipinski definition) is 10. The third-order valence-corrected chi connectivity index (χ3v) is 7.13. The smallest absolute Gasteiger partial charge is 0.277 e. The second-order valence-electron chi connectivity index (χ2n) is 8.28. The molecule has 1 aliphatic rings. The molecule has 0 saturated carbocycles. The number of methoxy groups -OCH3 is 1. The third kappa shape index (κ3) is 5.42. The fourth-order valence-corrected chi connectivity index (χ4v) is 5.10. The van der Waals surface area contributed by atoms with Gasteiger partial charge in [0, 0.05) is 38.3 Å². The van der Waals surface area contributed by atoms with Crippen LogP contribution in [0, 0.1) is 27.2 Å². The van der Waals surface area contributed by atoms with E-state index >= 15 is 0 Å². The van der Waals surface area contributed by atoms with Crippen molar-refractivity contribution in [2.45, 2.75) is 13.3 Å². The molecule has 1 amide bonds. The summed E-state index contributed by atoms with van der Waals surface area (Å²) in [4.78, 5) is 43.3. The summed E-state index contributed by atoms with van der Waals surface area (Å²) in [6, 6.07) is 6.66. The highest BCUT2D eigenvalue weighted by Gasteiger charge is 2.27. The van der Waals surface area contributed by atoms with Gasteiger partial charge in [-0.2, -0.15) is 0 Å². The van der Waals surface area contributed by atoms with Crippen LogP contribution in [0.25, 0.3) is 10.2 Å². The summed E-state index contributed by atoms with van der Waals surface area (Å²) in [6.07, 6.45) is 0.606. The van der Waals surface area contributed by atoms with Gasteiger partial charge in [0.2, 0.25) is 0 Å².